The Kier molecular flexibility index (Phi) is 7.02. The molecule has 2 fully saturated rings. The molecule has 28 heavy (non-hydrogen) atoms. The van der Waals surface area contributed by atoms with Crippen LogP contribution in [0.4, 0.5) is 0 Å². The minimum Gasteiger partial charge on any atom is -0.352 e. The third-order valence-corrected chi connectivity index (χ3v) is 8.49. The van der Waals surface area contributed by atoms with E-state index in [0.717, 1.165) is 12.8 Å². The molecule has 1 saturated heterocycles. The minimum absolute atomic E-state index is 0.0427. The Balaban J connectivity index is 1.57. The van der Waals surface area contributed by atoms with E-state index in [4.69, 9.17) is 11.6 Å². The highest BCUT2D eigenvalue weighted by Gasteiger charge is 2.33. The molecule has 156 valence electrons. The van der Waals surface area contributed by atoms with Crippen molar-refractivity contribution in [2.45, 2.75) is 56.5 Å². The van der Waals surface area contributed by atoms with E-state index >= 15 is 0 Å². The summed E-state index contributed by atoms with van der Waals surface area (Å²) in [6.07, 6.45) is 4.62. The second-order valence-corrected chi connectivity index (χ2v) is 10.2. The van der Waals surface area contributed by atoms with Crippen molar-refractivity contribution < 1.29 is 13.2 Å². The quantitative estimate of drug-likeness (QED) is 0.784. The Morgan fingerprint density at radius 3 is 2.43 bits per heavy atom. The number of piperazine rings is 1. The lowest BCUT2D eigenvalue weighted by Gasteiger charge is -2.38. The van der Waals surface area contributed by atoms with Gasteiger partial charge in [-0.15, -0.1) is 0 Å². The normalized spacial score (nSPS) is 26.0. The van der Waals surface area contributed by atoms with Crippen molar-refractivity contribution in [3.8, 4) is 0 Å². The molecule has 3 atom stereocenters. The van der Waals surface area contributed by atoms with Crippen LogP contribution in [0.5, 0.6) is 0 Å². The number of benzene rings is 1. The number of hydrogen-bond donors (Lipinski definition) is 1. The van der Waals surface area contributed by atoms with Crippen LogP contribution < -0.4 is 5.32 Å². The predicted molar refractivity (Wildman–Crippen MR) is 111 cm³/mol. The van der Waals surface area contributed by atoms with Gasteiger partial charge in [-0.1, -0.05) is 43.5 Å². The van der Waals surface area contributed by atoms with Gasteiger partial charge in [0.2, 0.25) is 15.9 Å². The highest BCUT2D eigenvalue weighted by molar-refractivity contribution is 7.89. The van der Waals surface area contributed by atoms with Crippen molar-refractivity contribution in [1.29, 1.82) is 0 Å². The molecule has 0 bridgehead atoms. The second-order valence-electron chi connectivity index (χ2n) is 7.92. The molecule has 6 nitrogen and oxygen atoms in total. The van der Waals surface area contributed by atoms with Gasteiger partial charge < -0.3 is 5.32 Å². The van der Waals surface area contributed by atoms with Crippen LogP contribution >= 0.6 is 11.6 Å². The summed E-state index contributed by atoms with van der Waals surface area (Å²) in [4.78, 5) is 14.9. The van der Waals surface area contributed by atoms with Crippen molar-refractivity contribution in [1.82, 2.24) is 14.5 Å². The molecule has 1 N–H and O–H groups in total. The Hall–Kier alpha value is -1.15. The molecule has 1 amide bonds. The first-order valence-electron chi connectivity index (χ1n) is 10.1. The Morgan fingerprint density at radius 1 is 1.14 bits per heavy atom. The molecule has 1 heterocycles. The van der Waals surface area contributed by atoms with Crippen LogP contribution in [-0.4, -0.2) is 61.8 Å². The van der Waals surface area contributed by atoms with Gasteiger partial charge in [-0.25, -0.2) is 8.42 Å². The van der Waals surface area contributed by atoms with Crippen LogP contribution in [0.2, 0.25) is 5.02 Å². The van der Waals surface area contributed by atoms with Gasteiger partial charge >= 0.3 is 0 Å². The maximum atomic E-state index is 12.9. The van der Waals surface area contributed by atoms with Crippen molar-refractivity contribution in [3.63, 3.8) is 0 Å². The standard InChI is InChI=1S/C20H30ClN3O3S/c1-15-7-3-5-9-18(15)22-20(25)16(2)23-11-13-24(14-12-23)28(26,27)19-10-6-4-8-17(19)21/h4,6,8,10,15-16,18H,3,5,7,9,11-14H2,1-2H3,(H,22,25). The Bertz CT molecular complexity index is 794. The van der Waals surface area contributed by atoms with Gasteiger partial charge in [0, 0.05) is 32.2 Å². The SMILES string of the molecule is CC1CCCCC1NC(=O)C(C)N1CCN(S(=O)(=O)c2ccccc2Cl)CC1. The van der Waals surface area contributed by atoms with Crippen molar-refractivity contribution in [3.05, 3.63) is 29.3 Å². The number of sulfonamides is 1. The van der Waals surface area contributed by atoms with Gasteiger partial charge in [-0.2, -0.15) is 4.31 Å². The number of nitrogens with one attached hydrogen (secondary N) is 1. The molecule has 1 saturated carbocycles. The third kappa shape index (κ3) is 4.70. The van der Waals surface area contributed by atoms with E-state index in [1.807, 2.05) is 6.92 Å². The Morgan fingerprint density at radius 2 is 1.79 bits per heavy atom. The van der Waals surface area contributed by atoms with Crippen LogP contribution in [0.1, 0.15) is 39.5 Å². The van der Waals surface area contributed by atoms with E-state index in [9.17, 15) is 13.2 Å². The fourth-order valence-corrected chi connectivity index (χ4v) is 6.04. The molecule has 3 rings (SSSR count). The second kappa shape index (κ2) is 9.11. The molecule has 2 aliphatic rings. The van der Waals surface area contributed by atoms with Gasteiger partial charge in [0.25, 0.3) is 0 Å². The smallest absolute Gasteiger partial charge is 0.244 e. The lowest BCUT2D eigenvalue weighted by Crippen LogP contribution is -2.56. The highest BCUT2D eigenvalue weighted by Crippen LogP contribution is 2.26. The number of carbonyl (C=O) groups is 1. The Labute approximate surface area is 173 Å². The summed E-state index contributed by atoms with van der Waals surface area (Å²) in [5.74, 6) is 0.559. The molecule has 0 radical (unpaired) electrons. The lowest BCUT2D eigenvalue weighted by molar-refractivity contribution is -0.127. The highest BCUT2D eigenvalue weighted by atomic mass is 35.5. The average Bonchev–Trinajstić information content (AvgIpc) is 2.69. The van der Waals surface area contributed by atoms with E-state index in [1.165, 1.54) is 23.2 Å². The summed E-state index contributed by atoms with van der Waals surface area (Å²) in [7, 11) is -3.62. The zero-order chi connectivity index (χ0) is 20.3. The molecule has 1 aromatic carbocycles. The first kappa shape index (κ1) is 21.6. The fraction of sp³-hybridized carbons (Fsp3) is 0.650. The zero-order valence-corrected chi connectivity index (χ0v) is 18.2. The van der Waals surface area contributed by atoms with E-state index in [-0.39, 0.29) is 27.9 Å². The third-order valence-electron chi connectivity index (χ3n) is 6.09. The summed E-state index contributed by atoms with van der Waals surface area (Å²) in [6, 6.07) is 6.50. The number of hydrogen-bond acceptors (Lipinski definition) is 4. The number of rotatable bonds is 5. The van der Waals surface area contributed by atoms with Gasteiger partial charge in [0.1, 0.15) is 4.90 Å². The fourth-order valence-electron chi connectivity index (χ4n) is 4.12. The molecule has 8 heteroatoms. The number of amides is 1. The molecule has 1 aliphatic heterocycles. The van der Waals surface area contributed by atoms with Crippen molar-refractivity contribution in [2.24, 2.45) is 5.92 Å². The zero-order valence-electron chi connectivity index (χ0n) is 16.6. The number of carbonyl (C=O) groups excluding carboxylic acids is 1. The molecule has 1 aromatic rings. The van der Waals surface area contributed by atoms with Crippen LogP contribution in [-0.2, 0) is 14.8 Å². The minimum atomic E-state index is -3.62. The van der Waals surface area contributed by atoms with Crippen LogP contribution in [0.3, 0.4) is 0 Å². The van der Waals surface area contributed by atoms with E-state index < -0.39 is 10.0 Å². The van der Waals surface area contributed by atoms with E-state index in [2.05, 4.69) is 17.1 Å². The van der Waals surface area contributed by atoms with Crippen molar-refractivity contribution >= 4 is 27.5 Å². The number of nitrogens with zero attached hydrogens (tertiary/aromatic N) is 2. The summed E-state index contributed by atoms with van der Waals surface area (Å²) < 4.78 is 27.2. The van der Waals surface area contributed by atoms with Gasteiger partial charge in [-0.3, -0.25) is 9.69 Å². The van der Waals surface area contributed by atoms with Crippen LogP contribution in [0, 0.1) is 5.92 Å². The molecule has 0 aromatic heterocycles. The summed E-state index contributed by atoms with van der Waals surface area (Å²) in [5.41, 5.74) is 0. The van der Waals surface area contributed by atoms with Crippen molar-refractivity contribution in [2.75, 3.05) is 26.2 Å². The number of halogens is 1. The van der Waals surface area contributed by atoms with Gasteiger partial charge in [-0.05, 0) is 37.8 Å². The average molecular weight is 428 g/mol. The molecule has 0 spiro atoms. The van der Waals surface area contributed by atoms with Crippen LogP contribution in [0.15, 0.2) is 29.2 Å². The molecular formula is C20H30ClN3O3S. The summed E-state index contributed by atoms with van der Waals surface area (Å²) >= 11 is 6.08. The maximum absolute atomic E-state index is 12.9. The molecule has 1 aliphatic carbocycles. The van der Waals surface area contributed by atoms with Gasteiger partial charge in [0.05, 0.1) is 11.1 Å². The summed E-state index contributed by atoms with van der Waals surface area (Å²) in [6.45, 7) is 5.86. The van der Waals surface area contributed by atoms with Crippen LogP contribution in [0.25, 0.3) is 0 Å². The topological polar surface area (TPSA) is 69.7 Å². The van der Waals surface area contributed by atoms with E-state index in [1.54, 1.807) is 18.2 Å². The monoisotopic (exact) mass is 427 g/mol. The lowest BCUT2D eigenvalue weighted by atomic mass is 9.86. The van der Waals surface area contributed by atoms with E-state index in [0.29, 0.717) is 32.1 Å². The predicted octanol–water partition coefficient (Wildman–Crippen LogP) is 2.73. The first-order valence-corrected chi connectivity index (χ1v) is 11.9. The summed E-state index contributed by atoms with van der Waals surface area (Å²) in [5, 5.41) is 3.45. The largest absolute Gasteiger partial charge is 0.352 e. The van der Waals surface area contributed by atoms with Gasteiger partial charge in [0.15, 0.2) is 0 Å². The molecular weight excluding hydrogens is 398 g/mol. The molecule has 3 unspecified atom stereocenters. The maximum Gasteiger partial charge on any atom is 0.244 e. The first-order chi connectivity index (χ1) is 13.3.